The molecule has 1 aromatic rings. The van der Waals surface area contributed by atoms with Crippen molar-refractivity contribution in [3.05, 3.63) is 29.8 Å². The number of guanidine groups is 1. The van der Waals surface area contributed by atoms with E-state index in [1.54, 1.807) is 7.11 Å². The van der Waals surface area contributed by atoms with Crippen LogP contribution in [0.2, 0.25) is 0 Å². The number of likely N-dealkylation sites (tertiary alicyclic amines) is 1. The normalized spacial score (nSPS) is 19.7. The zero-order chi connectivity index (χ0) is 13.8. The molecule has 4 heteroatoms. The van der Waals surface area contributed by atoms with Crippen LogP contribution in [-0.4, -0.2) is 57.1 Å². The third kappa shape index (κ3) is 3.00. The Labute approximate surface area is 115 Å². The van der Waals surface area contributed by atoms with Crippen LogP contribution in [0, 0.1) is 0 Å². The van der Waals surface area contributed by atoms with E-state index < -0.39 is 0 Å². The molecule has 0 aromatic heterocycles. The van der Waals surface area contributed by atoms with Gasteiger partial charge in [0.2, 0.25) is 0 Å². The average molecular weight is 261 g/mol. The van der Waals surface area contributed by atoms with Crippen LogP contribution in [0.5, 0.6) is 5.75 Å². The van der Waals surface area contributed by atoms with Crippen LogP contribution >= 0.6 is 0 Å². The molecule has 1 unspecified atom stereocenters. The van der Waals surface area contributed by atoms with Crippen LogP contribution in [0.15, 0.2) is 29.3 Å². The highest BCUT2D eigenvalue weighted by atomic mass is 16.5. The summed E-state index contributed by atoms with van der Waals surface area (Å²) in [6.07, 6.45) is 1.18. The molecule has 19 heavy (non-hydrogen) atoms. The summed E-state index contributed by atoms with van der Waals surface area (Å²) in [5.74, 6) is 2.57. The van der Waals surface area contributed by atoms with Crippen LogP contribution < -0.4 is 4.74 Å². The summed E-state index contributed by atoms with van der Waals surface area (Å²) in [6.45, 7) is 2.11. The van der Waals surface area contributed by atoms with Gasteiger partial charge in [-0.1, -0.05) is 12.1 Å². The molecule has 2 rings (SSSR count). The highest BCUT2D eigenvalue weighted by Gasteiger charge is 2.26. The van der Waals surface area contributed by atoms with Gasteiger partial charge in [-0.2, -0.15) is 0 Å². The molecule has 1 aliphatic heterocycles. The van der Waals surface area contributed by atoms with Crippen molar-refractivity contribution in [2.24, 2.45) is 4.99 Å². The van der Waals surface area contributed by atoms with Gasteiger partial charge in [0.15, 0.2) is 5.96 Å². The summed E-state index contributed by atoms with van der Waals surface area (Å²) in [6, 6.07) is 8.42. The standard InChI is InChI=1S/C15H23N3O/c1-16-15(17(2)3)18-10-9-13(11-18)12-5-7-14(19-4)8-6-12/h5-8,13H,9-11H2,1-4H3. The second-order valence-electron chi connectivity index (χ2n) is 5.12. The fourth-order valence-corrected chi connectivity index (χ4v) is 2.71. The van der Waals surface area contributed by atoms with E-state index in [2.05, 4.69) is 26.9 Å². The minimum absolute atomic E-state index is 0.586. The van der Waals surface area contributed by atoms with Crippen molar-refractivity contribution in [2.75, 3.05) is 41.3 Å². The fraction of sp³-hybridized carbons (Fsp3) is 0.533. The number of ether oxygens (including phenoxy) is 1. The molecule has 0 amide bonds. The first-order valence-corrected chi connectivity index (χ1v) is 6.68. The van der Waals surface area contributed by atoms with Gasteiger partial charge in [0.25, 0.3) is 0 Å². The zero-order valence-electron chi connectivity index (χ0n) is 12.3. The van der Waals surface area contributed by atoms with E-state index in [0.717, 1.165) is 24.8 Å². The number of hydrogen-bond acceptors (Lipinski definition) is 2. The average Bonchev–Trinajstić information content (AvgIpc) is 2.89. The fourth-order valence-electron chi connectivity index (χ4n) is 2.71. The summed E-state index contributed by atoms with van der Waals surface area (Å²) in [7, 11) is 7.65. The topological polar surface area (TPSA) is 28.1 Å². The van der Waals surface area contributed by atoms with Gasteiger partial charge in [-0.25, -0.2) is 0 Å². The van der Waals surface area contributed by atoms with Crippen molar-refractivity contribution >= 4 is 5.96 Å². The Kier molecular flexibility index (Phi) is 4.30. The number of nitrogens with zero attached hydrogens (tertiary/aromatic N) is 3. The van der Waals surface area contributed by atoms with Gasteiger partial charge in [-0.15, -0.1) is 0 Å². The first-order chi connectivity index (χ1) is 9.15. The number of aliphatic imine (C=N–C) groups is 1. The molecular weight excluding hydrogens is 238 g/mol. The highest BCUT2D eigenvalue weighted by molar-refractivity contribution is 5.79. The van der Waals surface area contributed by atoms with Crippen LogP contribution in [0.4, 0.5) is 0 Å². The van der Waals surface area contributed by atoms with E-state index in [-0.39, 0.29) is 0 Å². The van der Waals surface area contributed by atoms with Gasteiger partial charge in [0.1, 0.15) is 5.75 Å². The molecule has 1 heterocycles. The smallest absolute Gasteiger partial charge is 0.195 e. The van der Waals surface area contributed by atoms with E-state index in [1.165, 1.54) is 12.0 Å². The Bertz CT molecular complexity index is 439. The zero-order valence-corrected chi connectivity index (χ0v) is 12.3. The molecule has 0 radical (unpaired) electrons. The molecule has 0 saturated carbocycles. The van der Waals surface area contributed by atoms with Crippen molar-refractivity contribution in [2.45, 2.75) is 12.3 Å². The summed E-state index contributed by atoms with van der Waals surface area (Å²) in [5, 5.41) is 0. The van der Waals surface area contributed by atoms with Crippen molar-refractivity contribution in [3.63, 3.8) is 0 Å². The summed E-state index contributed by atoms with van der Waals surface area (Å²) >= 11 is 0. The largest absolute Gasteiger partial charge is 0.497 e. The number of rotatable bonds is 2. The van der Waals surface area contributed by atoms with Crippen LogP contribution in [0.1, 0.15) is 17.9 Å². The molecule has 0 spiro atoms. The molecule has 0 N–H and O–H groups in total. The van der Waals surface area contributed by atoms with E-state index in [9.17, 15) is 0 Å². The number of benzene rings is 1. The van der Waals surface area contributed by atoms with E-state index in [0.29, 0.717) is 5.92 Å². The minimum Gasteiger partial charge on any atom is -0.497 e. The molecular formula is C15H23N3O. The van der Waals surface area contributed by atoms with E-state index in [1.807, 2.05) is 33.3 Å². The monoisotopic (exact) mass is 261 g/mol. The second kappa shape index (κ2) is 5.95. The lowest BCUT2D eigenvalue weighted by Gasteiger charge is -2.26. The summed E-state index contributed by atoms with van der Waals surface area (Å²) in [5.41, 5.74) is 1.39. The molecule has 0 aliphatic carbocycles. The Morgan fingerprint density at radius 2 is 2.00 bits per heavy atom. The second-order valence-corrected chi connectivity index (χ2v) is 5.12. The molecule has 4 nitrogen and oxygen atoms in total. The van der Waals surface area contributed by atoms with Gasteiger partial charge in [-0.3, -0.25) is 4.99 Å². The molecule has 1 aliphatic rings. The van der Waals surface area contributed by atoms with Crippen LogP contribution in [0.25, 0.3) is 0 Å². The lowest BCUT2D eigenvalue weighted by Crippen LogP contribution is -2.39. The van der Waals surface area contributed by atoms with E-state index in [4.69, 9.17) is 4.74 Å². The molecule has 0 bridgehead atoms. The molecule has 1 fully saturated rings. The maximum atomic E-state index is 5.20. The maximum Gasteiger partial charge on any atom is 0.195 e. The van der Waals surface area contributed by atoms with Crippen molar-refractivity contribution in [1.82, 2.24) is 9.80 Å². The quantitative estimate of drug-likeness (QED) is 0.602. The molecule has 1 atom stereocenters. The molecule has 104 valence electrons. The van der Waals surface area contributed by atoms with Gasteiger partial charge in [0, 0.05) is 40.2 Å². The number of methoxy groups -OCH3 is 1. The Morgan fingerprint density at radius 3 is 2.53 bits per heavy atom. The molecule has 1 saturated heterocycles. The third-order valence-corrected chi connectivity index (χ3v) is 3.66. The molecule has 1 aromatic carbocycles. The van der Waals surface area contributed by atoms with Gasteiger partial charge in [-0.05, 0) is 24.1 Å². The van der Waals surface area contributed by atoms with Gasteiger partial charge in [0.05, 0.1) is 7.11 Å². The predicted octanol–water partition coefficient (Wildman–Crippen LogP) is 2.03. The minimum atomic E-state index is 0.586. The lowest BCUT2D eigenvalue weighted by molar-refractivity contribution is 0.414. The first kappa shape index (κ1) is 13.7. The van der Waals surface area contributed by atoms with Crippen molar-refractivity contribution < 1.29 is 4.74 Å². The number of hydrogen-bond donors (Lipinski definition) is 0. The van der Waals surface area contributed by atoms with Crippen LogP contribution in [0.3, 0.4) is 0 Å². The maximum absolute atomic E-state index is 5.20. The summed E-state index contributed by atoms with van der Waals surface area (Å²) in [4.78, 5) is 8.81. The Balaban J connectivity index is 2.05. The lowest BCUT2D eigenvalue weighted by atomic mass is 9.98. The SMILES string of the molecule is CN=C(N(C)C)N1CCC(c2ccc(OC)cc2)C1. The third-order valence-electron chi connectivity index (χ3n) is 3.66. The summed E-state index contributed by atoms with van der Waals surface area (Å²) < 4.78 is 5.20. The van der Waals surface area contributed by atoms with Crippen molar-refractivity contribution in [3.8, 4) is 5.75 Å². The highest BCUT2D eigenvalue weighted by Crippen LogP contribution is 2.28. The van der Waals surface area contributed by atoms with Crippen molar-refractivity contribution in [1.29, 1.82) is 0 Å². The van der Waals surface area contributed by atoms with Crippen LogP contribution in [-0.2, 0) is 0 Å². The van der Waals surface area contributed by atoms with E-state index >= 15 is 0 Å². The predicted molar refractivity (Wildman–Crippen MR) is 79.0 cm³/mol. The van der Waals surface area contributed by atoms with Gasteiger partial charge < -0.3 is 14.5 Å². The Hall–Kier alpha value is -1.71. The van der Waals surface area contributed by atoms with Gasteiger partial charge >= 0.3 is 0 Å². The first-order valence-electron chi connectivity index (χ1n) is 6.68. The Morgan fingerprint density at radius 1 is 1.32 bits per heavy atom.